The molecule has 1 aliphatic rings. The maximum atomic E-state index is 3.78. The number of nitrogens with one attached hydrogen (secondary N) is 2. The predicted molar refractivity (Wildman–Crippen MR) is 80.0 cm³/mol. The number of hydrogen-bond donors (Lipinski definition) is 2. The number of H-pyrrole nitrogens is 1. The fourth-order valence-corrected chi connectivity index (χ4v) is 3.49. The van der Waals surface area contributed by atoms with Gasteiger partial charge in [-0.1, -0.05) is 19.4 Å². The molecule has 1 aromatic heterocycles. The largest absolute Gasteiger partial charge is 0.356 e. The first-order valence-electron chi connectivity index (χ1n) is 6.83. The molecule has 1 aliphatic heterocycles. The summed E-state index contributed by atoms with van der Waals surface area (Å²) in [5, 5.41) is 4.92. The van der Waals surface area contributed by atoms with Crippen molar-refractivity contribution in [3.63, 3.8) is 0 Å². The number of aryl methyl sites for hydroxylation is 1. The van der Waals surface area contributed by atoms with E-state index in [0.29, 0.717) is 6.04 Å². The Balaban J connectivity index is 2.04. The Morgan fingerprint density at radius 1 is 1.33 bits per heavy atom. The van der Waals surface area contributed by atoms with Crippen molar-refractivity contribution in [1.82, 2.24) is 10.3 Å². The second-order valence-corrected chi connectivity index (χ2v) is 5.88. The van der Waals surface area contributed by atoms with Crippen LogP contribution < -0.4 is 5.32 Å². The van der Waals surface area contributed by atoms with E-state index in [0.717, 1.165) is 13.0 Å². The normalized spacial score (nSPS) is 20.4. The maximum absolute atomic E-state index is 3.78. The number of piperidine rings is 1. The standard InChI is InChI=1S/C15H19BrN2/c1-2-10-6-7-12-11(9-10)14(16)15(18-12)13-5-3-4-8-17-13/h6-7,9,13,17-18H,2-5,8H2,1H3. The summed E-state index contributed by atoms with van der Waals surface area (Å²) in [5.41, 5.74) is 3.95. The molecular formula is C15H19BrN2. The third-order valence-corrected chi connectivity index (χ3v) is 4.75. The van der Waals surface area contributed by atoms with Crippen LogP contribution in [-0.4, -0.2) is 11.5 Å². The monoisotopic (exact) mass is 306 g/mol. The van der Waals surface area contributed by atoms with Gasteiger partial charge in [-0.25, -0.2) is 0 Å². The average molecular weight is 307 g/mol. The molecule has 3 heteroatoms. The van der Waals surface area contributed by atoms with Gasteiger partial charge in [-0.2, -0.15) is 0 Å². The number of hydrogen-bond acceptors (Lipinski definition) is 1. The number of fused-ring (bicyclic) bond motifs is 1. The van der Waals surface area contributed by atoms with E-state index in [1.165, 1.54) is 45.9 Å². The quantitative estimate of drug-likeness (QED) is 0.850. The van der Waals surface area contributed by atoms with Crippen LogP contribution in [-0.2, 0) is 6.42 Å². The number of aromatic amines is 1. The number of benzene rings is 1. The van der Waals surface area contributed by atoms with Crippen molar-refractivity contribution in [3.8, 4) is 0 Å². The van der Waals surface area contributed by atoms with Crippen molar-refractivity contribution < 1.29 is 0 Å². The van der Waals surface area contributed by atoms with Crippen LogP contribution in [0.1, 0.15) is 43.5 Å². The van der Waals surface area contributed by atoms with E-state index >= 15 is 0 Å². The minimum Gasteiger partial charge on any atom is -0.356 e. The van der Waals surface area contributed by atoms with E-state index in [1.54, 1.807) is 0 Å². The molecule has 3 rings (SSSR count). The van der Waals surface area contributed by atoms with E-state index in [2.05, 4.69) is 51.4 Å². The summed E-state index contributed by atoms with van der Waals surface area (Å²) < 4.78 is 1.24. The third kappa shape index (κ3) is 2.10. The van der Waals surface area contributed by atoms with E-state index in [4.69, 9.17) is 0 Å². The summed E-state index contributed by atoms with van der Waals surface area (Å²) in [4.78, 5) is 3.58. The molecule has 0 saturated carbocycles. The molecule has 0 radical (unpaired) electrons. The molecule has 1 saturated heterocycles. The highest BCUT2D eigenvalue weighted by atomic mass is 79.9. The van der Waals surface area contributed by atoms with Crippen molar-refractivity contribution in [2.24, 2.45) is 0 Å². The topological polar surface area (TPSA) is 27.8 Å². The van der Waals surface area contributed by atoms with Crippen LogP contribution in [0.25, 0.3) is 10.9 Å². The molecule has 18 heavy (non-hydrogen) atoms. The molecule has 1 atom stereocenters. The van der Waals surface area contributed by atoms with Gasteiger partial charge in [-0.15, -0.1) is 0 Å². The Hall–Kier alpha value is -0.800. The van der Waals surface area contributed by atoms with Gasteiger partial charge in [0.25, 0.3) is 0 Å². The van der Waals surface area contributed by atoms with Gasteiger partial charge in [0, 0.05) is 27.1 Å². The maximum Gasteiger partial charge on any atom is 0.0484 e. The molecule has 0 aliphatic carbocycles. The van der Waals surface area contributed by atoms with Crippen LogP contribution in [0.4, 0.5) is 0 Å². The van der Waals surface area contributed by atoms with E-state index in [-0.39, 0.29) is 0 Å². The van der Waals surface area contributed by atoms with E-state index in [9.17, 15) is 0 Å². The number of halogens is 1. The summed E-state index contributed by atoms with van der Waals surface area (Å²) in [6.07, 6.45) is 4.94. The van der Waals surface area contributed by atoms with Crippen LogP contribution in [0.15, 0.2) is 22.7 Å². The van der Waals surface area contributed by atoms with E-state index in [1.807, 2.05) is 0 Å². The van der Waals surface area contributed by atoms with Crippen molar-refractivity contribution >= 4 is 26.8 Å². The minimum atomic E-state index is 0.477. The van der Waals surface area contributed by atoms with E-state index < -0.39 is 0 Å². The number of rotatable bonds is 2. The molecule has 2 N–H and O–H groups in total. The second kappa shape index (κ2) is 5.06. The zero-order valence-corrected chi connectivity index (χ0v) is 12.3. The fourth-order valence-electron chi connectivity index (χ4n) is 2.79. The molecule has 0 spiro atoms. The third-order valence-electron chi connectivity index (χ3n) is 3.89. The van der Waals surface area contributed by atoms with Gasteiger partial charge in [0.15, 0.2) is 0 Å². The lowest BCUT2D eigenvalue weighted by atomic mass is 10.0. The van der Waals surface area contributed by atoms with Gasteiger partial charge in [-0.3, -0.25) is 0 Å². The summed E-state index contributed by atoms with van der Waals surface area (Å²) in [5.74, 6) is 0. The Morgan fingerprint density at radius 3 is 2.94 bits per heavy atom. The summed E-state index contributed by atoms with van der Waals surface area (Å²) >= 11 is 3.78. The summed E-state index contributed by atoms with van der Waals surface area (Å²) in [6, 6.07) is 7.18. The Kier molecular flexibility index (Phi) is 3.44. The molecule has 1 aromatic carbocycles. The summed E-state index contributed by atoms with van der Waals surface area (Å²) in [7, 11) is 0. The predicted octanol–water partition coefficient (Wildman–Crippen LogP) is 4.31. The van der Waals surface area contributed by atoms with Crippen LogP contribution in [0.2, 0.25) is 0 Å². The Bertz CT molecular complexity index is 553. The SMILES string of the molecule is CCc1ccc2[nH]c(C3CCCCN3)c(Br)c2c1. The lowest BCUT2D eigenvalue weighted by molar-refractivity contribution is 0.406. The van der Waals surface area contributed by atoms with Gasteiger partial charge < -0.3 is 10.3 Å². The van der Waals surface area contributed by atoms with Crippen LogP contribution in [0, 0.1) is 0 Å². The number of aromatic nitrogens is 1. The Morgan fingerprint density at radius 2 is 2.22 bits per heavy atom. The first-order valence-corrected chi connectivity index (χ1v) is 7.62. The molecule has 0 bridgehead atoms. The van der Waals surface area contributed by atoms with Gasteiger partial charge in [0.1, 0.15) is 0 Å². The zero-order valence-electron chi connectivity index (χ0n) is 10.7. The molecule has 2 nitrogen and oxygen atoms in total. The molecule has 2 heterocycles. The zero-order chi connectivity index (χ0) is 12.5. The van der Waals surface area contributed by atoms with Crippen molar-refractivity contribution in [2.75, 3.05) is 6.54 Å². The Labute approximate surface area is 116 Å². The smallest absolute Gasteiger partial charge is 0.0484 e. The van der Waals surface area contributed by atoms with Crippen molar-refractivity contribution in [1.29, 1.82) is 0 Å². The van der Waals surface area contributed by atoms with Gasteiger partial charge in [0.05, 0.1) is 0 Å². The van der Waals surface area contributed by atoms with Crippen LogP contribution >= 0.6 is 15.9 Å². The highest BCUT2D eigenvalue weighted by Crippen LogP contribution is 2.35. The first kappa shape index (κ1) is 12.2. The van der Waals surface area contributed by atoms with Gasteiger partial charge in [0.2, 0.25) is 0 Å². The highest BCUT2D eigenvalue weighted by Gasteiger charge is 2.20. The van der Waals surface area contributed by atoms with Crippen molar-refractivity contribution in [3.05, 3.63) is 33.9 Å². The van der Waals surface area contributed by atoms with Gasteiger partial charge >= 0.3 is 0 Å². The van der Waals surface area contributed by atoms with Crippen molar-refractivity contribution in [2.45, 2.75) is 38.6 Å². The van der Waals surface area contributed by atoms with Crippen LogP contribution in [0.5, 0.6) is 0 Å². The van der Waals surface area contributed by atoms with Crippen LogP contribution in [0.3, 0.4) is 0 Å². The first-order chi connectivity index (χ1) is 8.79. The lowest BCUT2D eigenvalue weighted by Crippen LogP contribution is -2.27. The lowest BCUT2D eigenvalue weighted by Gasteiger charge is -2.22. The average Bonchev–Trinajstić information content (AvgIpc) is 2.77. The molecule has 1 fully saturated rings. The molecule has 2 aromatic rings. The highest BCUT2D eigenvalue weighted by molar-refractivity contribution is 9.10. The fraction of sp³-hybridized carbons (Fsp3) is 0.467. The molecular weight excluding hydrogens is 288 g/mol. The van der Waals surface area contributed by atoms with Gasteiger partial charge in [-0.05, 0) is 59.4 Å². The molecule has 96 valence electrons. The molecule has 0 amide bonds. The second-order valence-electron chi connectivity index (χ2n) is 5.09. The minimum absolute atomic E-state index is 0.477. The molecule has 1 unspecified atom stereocenters. The summed E-state index contributed by atoms with van der Waals surface area (Å²) in [6.45, 7) is 3.33.